The first kappa shape index (κ1) is 17.2. The van der Waals surface area contributed by atoms with E-state index in [2.05, 4.69) is 9.64 Å². The Balaban J connectivity index is 1.89. The van der Waals surface area contributed by atoms with Crippen molar-refractivity contribution in [1.82, 2.24) is 4.90 Å². The zero-order valence-corrected chi connectivity index (χ0v) is 13.3. The van der Waals surface area contributed by atoms with Gasteiger partial charge in [0.05, 0.1) is 18.6 Å². The van der Waals surface area contributed by atoms with Crippen LogP contribution in [0.15, 0.2) is 18.2 Å². The zero-order chi connectivity index (χ0) is 16.7. The number of carbonyl (C=O) groups excluding carboxylic acids is 1. The number of piperidine rings is 1. The first-order valence-corrected chi connectivity index (χ1v) is 7.83. The fraction of sp³-hybridized carbons (Fsp3) is 0.562. The molecule has 0 N–H and O–H groups in total. The summed E-state index contributed by atoms with van der Waals surface area (Å²) in [6.07, 6.45) is 4.70. The van der Waals surface area contributed by atoms with Crippen molar-refractivity contribution < 1.29 is 19.2 Å². The third kappa shape index (κ3) is 4.92. The number of esters is 1. The number of nitrogens with zero attached hydrogens (tertiary/aromatic N) is 2. The second kappa shape index (κ2) is 8.47. The molecule has 0 radical (unpaired) electrons. The monoisotopic (exact) mass is 322 g/mol. The molecule has 1 aromatic rings. The number of hydrogen-bond donors (Lipinski definition) is 0. The van der Waals surface area contributed by atoms with Gasteiger partial charge in [-0.1, -0.05) is 6.42 Å². The molecule has 1 saturated heterocycles. The largest absolute Gasteiger partial charge is 0.494 e. The molecule has 1 aromatic carbocycles. The Morgan fingerprint density at radius 1 is 1.30 bits per heavy atom. The average Bonchev–Trinajstić information content (AvgIpc) is 2.58. The van der Waals surface area contributed by atoms with E-state index in [1.54, 1.807) is 0 Å². The van der Waals surface area contributed by atoms with Crippen molar-refractivity contribution in [3.8, 4) is 5.75 Å². The molecule has 7 heteroatoms. The molecule has 2 rings (SSSR count). The van der Waals surface area contributed by atoms with Gasteiger partial charge in [-0.2, -0.15) is 0 Å². The number of carbonyl (C=O) groups is 1. The van der Waals surface area contributed by atoms with Crippen molar-refractivity contribution in [2.75, 3.05) is 33.4 Å². The second-order valence-electron chi connectivity index (χ2n) is 5.53. The number of hydrogen-bond acceptors (Lipinski definition) is 6. The minimum Gasteiger partial charge on any atom is -0.494 e. The van der Waals surface area contributed by atoms with E-state index in [1.165, 1.54) is 44.6 Å². The third-order valence-corrected chi connectivity index (χ3v) is 3.91. The lowest BCUT2D eigenvalue weighted by Crippen LogP contribution is -2.31. The highest BCUT2D eigenvalue weighted by molar-refractivity contribution is 5.94. The fourth-order valence-electron chi connectivity index (χ4n) is 2.70. The summed E-state index contributed by atoms with van der Waals surface area (Å²) in [6.45, 7) is 3.78. The average molecular weight is 322 g/mol. The summed E-state index contributed by atoms with van der Waals surface area (Å²) >= 11 is 0. The Kier molecular flexibility index (Phi) is 6.34. The van der Waals surface area contributed by atoms with Gasteiger partial charge in [0, 0.05) is 18.7 Å². The number of rotatable bonds is 7. The lowest BCUT2D eigenvalue weighted by atomic mass is 10.1. The lowest BCUT2D eigenvalue weighted by molar-refractivity contribution is -0.385. The molecule has 1 aliphatic heterocycles. The molecule has 126 valence electrons. The maximum absolute atomic E-state index is 11.6. The predicted molar refractivity (Wildman–Crippen MR) is 84.8 cm³/mol. The highest BCUT2D eigenvalue weighted by Gasteiger charge is 2.21. The van der Waals surface area contributed by atoms with E-state index in [1.807, 2.05) is 0 Å². The molecule has 23 heavy (non-hydrogen) atoms. The van der Waals surface area contributed by atoms with Crippen molar-refractivity contribution in [2.45, 2.75) is 25.7 Å². The highest BCUT2D eigenvalue weighted by Crippen LogP contribution is 2.25. The van der Waals surface area contributed by atoms with Gasteiger partial charge in [-0.15, -0.1) is 0 Å². The van der Waals surface area contributed by atoms with E-state index >= 15 is 0 Å². The fourth-order valence-corrected chi connectivity index (χ4v) is 2.70. The third-order valence-electron chi connectivity index (χ3n) is 3.91. The van der Waals surface area contributed by atoms with Crippen molar-refractivity contribution >= 4 is 11.7 Å². The molecule has 1 heterocycles. The number of likely N-dealkylation sites (tertiary alicyclic amines) is 1. The first-order valence-electron chi connectivity index (χ1n) is 7.83. The van der Waals surface area contributed by atoms with Gasteiger partial charge in [-0.25, -0.2) is 4.79 Å². The molecule has 0 atom stereocenters. The summed E-state index contributed by atoms with van der Waals surface area (Å²) in [7, 11) is 1.19. The summed E-state index contributed by atoms with van der Waals surface area (Å²) in [6, 6.07) is 4.14. The van der Waals surface area contributed by atoms with Crippen LogP contribution in [-0.2, 0) is 4.74 Å². The second-order valence-corrected chi connectivity index (χ2v) is 5.53. The number of methoxy groups -OCH3 is 1. The van der Waals surface area contributed by atoms with Gasteiger partial charge < -0.3 is 14.4 Å². The Morgan fingerprint density at radius 3 is 2.70 bits per heavy atom. The Morgan fingerprint density at radius 2 is 2.04 bits per heavy atom. The van der Waals surface area contributed by atoms with Crippen LogP contribution in [0.4, 0.5) is 5.69 Å². The van der Waals surface area contributed by atoms with Gasteiger partial charge in [0.15, 0.2) is 0 Å². The molecule has 0 saturated carbocycles. The summed E-state index contributed by atoms with van der Waals surface area (Å²) in [5.41, 5.74) is -0.372. The quantitative estimate of drug-likeness (QED) is 0.332. The van der Waals surface area contributed by atoms with Crippen LogP contribution in [0.2, 0.25) is 0 Å². The number of ether oxygens (including phenoxy) is 2. The molecule has 0 aromatic heterocycles. The van der Waals surface area contributed by atoms with Crippen molar-refractivity contribution in [2.24, 2.45) is 0 Å². The van der Waals surface area contributed by atoms with Gasteiger partial charge in [0.2, 0.25) is 0 Å². The molecule has 0 spiro atoms. The first-order chi connectivity index (χ1) is 11.1. The standard InChI is InChI=1S/C16H22N2O5/c1-22-16(19)14-12-13(6-7-15(14)18(20)21)23-11-5-10-17-8-3-2-4-9-17/h6-7,12H,2-5,8-11H2,1H3. The molecule has 0 bridgehead atoms. The summed E-state index contributed by atoms with van der Waals surface area (Å²) < 4.78 is 10.2. The SMILES string of the molecule is COC(=O)c1cc(OCCCN2CCCCC2)ccc1[N+](=O)[O-]. The smallest absolute Gasteiger partial charge is 0.345 e. The van der Waals surface area contributed by atoms with Crippen molar-refractivity contribution in [1.29, 1.82) is 0 Å². The van der Waals surface area contributed by atoms with Gasteiger partial charge in [-0.05, 0) is 38.4 Å². The summed E-state index contributed by atoms with van der Waals surface area (Å²) in [5, 5.41) is 10.9. The molecule has 1 fully saturated rings. The van der Waals surface area contributed by atoms with E-state index in [4.69, 9.17) is 4.74 Å². The van der Waals surface area contributed by atoms with Gasteiger partial charge in [0.25, 0.3) is 5.69 Å². The van der Waals surface area contributed by atoms with E-state index < -0.39 is 10.9 Å². The number of nitro groups is 1. The maximum Gasteiger partial charge on any atom is 0.345 e. The van der Waals surface area contributed by atoms with Crippen LogP contribution >= 0.6 is 0 Å². The lowest BCUT2D eigenvalue weighted by Gasteiger charge is -2.26. The molecule has 0 unspecified atom stereocenters. The number of nitro benzene ring substituents is 1. The molecular weight excluding hydrogens is 300 g/mol. The predicted octanol–water partition coefficient (Wildman–Crippen LogP) is 2.64. The van der Waals surface area contributed by atoms with Crippen LogP contribution in [0.5, 0.6) is 5.75 Å². The molecule has 0 aliphatic carbocycles. The van der Waals surface area contributed by atoms with Gasteiger partial charge in [0.1, 0.15) is 11.3 Å². The maximum atomic E-state index is 11.6. The minimum absolute atomic E-state index is 0.0916. The number of benzene rings is 1. The van der Waals surface area contributed by atoms with Crippen LogP contribution < -0.4 is 4.74 Å². The normalized spacial score (nSPS) is 15.2. The van der Waals surface area contributed by atoms with E-state index in [0.717, 1.165) is 26.1 Å². The molecule has 1 aliphatic rings. The Labute approximate surface area is 135 Å². The van der Waals surface area contributed by atoms with Crippen molar-refractivity contribution in [3.05, 3.63) is 33.9 Å². The van der Waals surface area contributed by atoms with Crippen LogP contribution in [-0.4, -0.2) is 49.1 Å². The summed E-state index contributed by atoms with van der Waals surface area (Å²) in [5.74, 6) is -0.301. The Bertz CT molecular complexity index is 555. The summed E-state index contributed by atoms with van der Waals surface area (Å²) in [4.78, 5) is 24.4. The van der Waals surface area contributed by atoms with Crippen LogP contribution in [0, 0.1) is 10.1 Å². The minimum atomic E-state index is -0.740. The molecular formula is C16H22N2O5. The highest BCUT2D eigenvalue weighted by atomic mass is 16.6. The van der Waals surface area contributed by atoms with Crippen LogP contribution in [0.3, 0.4) is 0 Å². The Hall–Kier alpha value is -2.15. The van der Waals surface area contributed by atoms with E-state index in [-0.39, 0.29) is 11.3 Å². The van der Waals surface area contributed by atoms with Crippen LogP contribution in [0.25, 0.3) is 0 Å². The van der Waals surface area contributed by atoms with Gasteiger partial charge >= 0.3 is 5.97 Å². The topological polar surface area (TPSA) is 81.9 Å². The zero-order valence-electron chi connectivity index (χ0n) is 13.3. The van der Waals surface area contributed by atoms with Crippen LogP contribution in [0.1, 0.15) is 36.0 Å². The van der Waals surface area contributed by atoms with Gasteiger partial charge in [-0.3, -0.25) is 10.1 Å². The van der Waals surface area contributed by atoms with E-state index in [9.17, 15) is 14.9 Å². The molecule has 7 nitrogen and oxygen atoms in total. The van der Waals surface area contributed by atoms with E-state index in [0.29, 0.717) is 12.4 Å². The van der Waals surface area contributed by atoms with Crippen molar-refractivity contribution in [3.63, 3.8) is 0 Å². The molecule has 0 amide bonds.